The number of carbonyl (C=O) groups excluding carboxylic acids is 1. The van der Waals surface area contributed by atoms with Crippen molar-refractivity contribution in [2.45, 2.75) is 25.6 Å². The van der Waals surface area contributed by atoms with E-state index in [0.717, 1.165) is 11.1 Å². The van der Waals surface area contributed by atoms with Gasteiger partial charge in [0.1, 0.15) is 12.2 Å². The van der Waals surface area contributed by atoms with Gasteiger partial charge in [0.25, 0.3) is 0 Å². The van der Waals surface area contributed by atoms with Crippen molar-refractivity contribution >= 4 is 6.16 Å². The fraction of sp³-hybridized carbons (Fsp3) is 0.308. The Morgan fingerprint density at radius 1 is 1.31 bits per heavy atom. The second-order valence-electron chi connectivity index (χ2n) is 3.96. The number of hydrogen-bond donors (Lipinski definition) is 0. The molecule has 1 saturated heterocycles. The molecular weight excluding hydrogens is 204 g/mol. The Balaban J connectivity index is 2.17. The normalized spacial score (nSPS) is 24.4. The summed E-state index contributed by atoms with van der Waals surface area (Å²) in [7, 11) is 0. The van der Waals surface area contributed by atoms with Gasteiger partial charge in [-0.2, -0.15) is 0 Å². The van der Waals surface area contributed by atoms with Crippen LogP contribution in [-0.4, -0.2) is 12.3 Å². The molecule has 1 aromatic rings. The number of hydrogen-bond acceptors (Lipinski definition) is 3. The first-order chi connectivity index (χ1) is 7.66. The number of benzene rings is 1. The zero-order valence-electron chi connectivity index (χ0n) is 9.18. The first-order valence-corrected chi connectivity index (χ1v) is 5.24. The maximum absolute atomic E-state index is 11.3. The first kappa shape index (κ1) is 10.7. The summed E-state index contributed by atoms with van der Waals surface area (Å²) in [6.45, 7) is 5.66. The third-order valence-corrected chi connectivity index (χ3v) is 2.63. The molecule has 0 aliphatic carbocycles. The molecule has 1 heterocycles. The lowest BCUT2D eigenvalue weighted by Crippen LogP contribution is -2.30. The van der Waals surface area contributed by atoms with E-state index in [1.807, 2.05) is 37.3 Å². The molecule has 0 aromatic heterocycles. The molecule has 1 aliphatic heterocycles. The summed E-state index contributed by atoms with van der Waals surface area (Å²) >= 11 is 0. The van der Waals surface area contributed by atoms with Crippen molar-refractivity contribution in [3.63, 3.8) is 0 Å². The van der Waals surface area contributed by atoms with Crippen LogP contribution in [0, 0.1) is 0 Å². The molecule has 0 N–H and O–H groups in total. The highest BCUT2D eigenvalue weighted by molar-refractivity contribution is 5.62. The molecule has 0 bridgehead atoms. The number of cyclic esters (lactones) is 2. The quantitative estimate of drug-likeness (QED) is 0.564. The van der Waals surface area contributed by atoms with E-state index in [4.69, 9.17) is 9.47 Å². The van der Waals surface area contributed by atoms with Crippen LogP contribution >= 0.6 is 0 Å². The molecule has 0 radical (unpaired) electrons. The third-order valence-electron chi connectivity index (χ3n) is 2.63. The van der Waals surface area contributed by atoms with Crippen molar-refractivity contribution in [3.05, 3.63) is 48.0 Å². The fourth-order valence-electron chi connectivity index (χ4n) is 1.72. The Labute approximate surface area is 94.7 Å². The average Bonchev–Trinajstić information content (AvgIpc) is 2.29. The summed E-state index contributed by atoms with van der Waals surface area (Å²) in [5.74, 6) is 0. The van der Waals surface area contributed by atoms with Crippen LogP contribution in [0.15, 0.2) is 42.5 Å². The van der Waals surface area contributed by atoms with Crippen LogP contribution < -0.4 is 0 Å². The van der Waals surface area contributed by atoms with Crippen molar-refractivity contribution in [3.8, 4) is 0 Å². The maximum Gasteiger partial charge on any atom is 0.509 e. The molecule has 0 spiro atoms. The third kappa shape index (κ3) is 2.24. The van der Waals surface area contributed by atoms with Crippen LogP contribution in [0.5, 0.6) is 0 Å². The van der Waals surface area contributed by atoms with Gasteiger partial charge >= 0.3 is 6.16 Å². The van der Waals surface area contributed by atoms with Crippen molar-refractivity contribution in [1.29, 1.82) is 0 Å². The van der Waals surface area contributed by atoms with Gasteiger partial charge in [-0.3, -0.25) is 0 Å². The minimum absolute atomic E-state index is 0.232. The fourth-order valence-corrected chi connectivity index (χ4v) is 1.72. The monoisotopic (exact) mass is 218 g/mol. The summed E-state index contributed by atoms with van der Waals surface area (Å²) in [5, 5.41) is 0. The Morgan fingerprint density at radius 3 is 2.62 bits per heavy atom. The Morgan fingerprint density at radius 2 is 2.00 bits per heavy atom. The van der Waals surface area contributed by atoms with E-state index < -0.39 is 6.16 Å². The molecule has 2 unspecified atom stereocenters. The highest BCUT2D eigenvalue weighted by Gasteiger charge is 2.31. The van der Waals surface area contributed by atoms with E-state index in [9.17, 15) is 4.79 Å². The summed E-state index contributed by atoms with van der Waals surface area (Å²) in [6, 6.07) is 9.67. The van der Waals surface area contributed by atoms with Crippen molar-refractivity contribution in [1.82, 2.24) is 0 Å². The molecule has 2 rings (SSSR count). The van der Waals surface area contributed by atoms with E-state index in [1.54, 1.807) is 0 Å². The molecule has 16 heavy (non-hydrogen) atoms. The van der Waals surface area contributed by atoms with Crippen LogP contribution in [0.25, 0.3) is 0 Å². The Kier molecular flexibility index (Phi) is 2.95. The molecule has 2 atom stereocenters. The SMILES string of the molecule is C=C(C)C1CC(c2ccccc2)OC(=O)O1. The van der Waals surface area contributed by atoms with Gasteiger partial charge in [-0.25, -0.2) is 4.79 Å². The Hall–Kier alpha value is -1.77. The lowest BCUT2D eigenvalue weighted by atomic mass is 9.99. The van der Waals surface area contributed by atoms with Gasteiger partial charge < -0.3 is 9.47 Å². The van der Waals surface area contributed by atoms with E-state index >= 15 is 0 Å². The predicted molar refractivity (Wildman–Crippen MR) is 60.0 cm³/mol. The average molecular weight is 218 g/mol. The van der Waals surface area contributed by atoms with Gasteiger partial charge in [-0.1, -0.05) is 36.9 Å². The molecule has 0 amide bonds. The molecule has 3 heteroatoms. The van der Waals surface area contributed by atoms with Crippen molar-refractivity contribution < 1.29 is 14.3 Å². The zero-order valence-corrected chi connectivity index (χ0v) is 9.18. The molecule has 1 aliphatic rings. The Bertz CT molecular complexity index is 397. The van der Waals surface area contributed by atoms with Crippen molar-refractivity contribution in [2.24, 2.45) is 0 Å². The van der Waals surface area contributed by atoms with Gasteiger partial charge in [0.15, 0.2) is 0 Å². The van der Waals surface area contributed by atoms with E-state index in [2.05, 4.69) is 6.58 Å². The van der Waals surface area contributed by atoms with Crippen LogP contribution in [0.2, 0.25) is 0 Å². The molecular formula is C13H14O3. The minimum atomic E-state index is -0.617. The lowest BCUT2D eigenvalue weighted by molar-refractivity contribution is -0.0495. The minimum Gasteiger partial charge on any atom is -0.426 e. The van der Waals surface area contributed by atoms with E-state index in [-0.39, 0.29) is 12.2 Å². The van der Waals surface area contributed by atoms with Crippen LogP contribution in [-0.2, 0) is 9.47 Å². The smallest absolute Gasteiger partial charge is 0.426 e. The second-order valence-corrected chi connectivity index (χ2v) is 3.96. The summed E-state index contributed by atoms with van der Waals surface area (Å²) in [5.41, 5.74) is 1.84. The van der Waals surface area contributed by atoms with Crippen LogP contribution in [0.4, 0.5) is 4.79 Å². The van der Waals surface area contributed by atoms with Gasteiger partial charge in [0, 0.05) is 6.42 Å². The molecule has 3 nitrogen and oxygen atoms in total. The standard InChI is InChI=1S/C13H14O3/c1-9(2)11-8-12(16-13(14)15-11)10-6-4-3-5-7-10/h3-7,11-12H,1,8H2,2H3. The molecule has 1 fully saturated rings. The first-order valence-electron chi connectivity index (χ1n) is 5.24. The highest BCUT2D eigenvalue weighted by atomic mass is 16.7. The maximum atomic E-state index is 11.3. The predicted octanol–water partition coefficient (Wildman–Crippen LogP) is 3.23. The molecule has 84 valence electrons. The molecule has 0 saturated carbocycles. The van der Waals surface area contributed by atoms with Gasteiger partial charge in [0.05, 0.1) is 0 Å². The largest absolute Gasteiger partial charge is 0.509 e. The van der Waals surface area contributed by atoms with Crippen molar-refractivity contribution in [2.75, 3.05) is 0 Å². The number of carbonyl (C=O) groups is 1. The highest BCUT2D eigenvalue weighted by Crippen LogP contribution is 2.30. The summed E-state index contributed by atoms with van der Waals surface area (Å²) < 4.78 is 10.2. The van der Waals surface area contributed by atoms with Crippen LogP contribution in [0.1, 0.15) is 25.0 Å². The van der Waals surface area contributed by atoms with Gasteiger partial charge in [-0.15, -0.1) is 0 Å². The number of rotatable bonds is 2. The zero-order chi connectivity index (χ0) is 11.5. The number of ether oxygens (including phenoxy) is 2. The lowest BCUT2D eigenvalue weighted by Gasteiger charge is -2.29. The van der Waals surface area contributed by atoms with E-state index in [0.29, 0.717) is 6.42 Å². The van der Waals surface area contributed by atoms with E-state index in [1.165, 1.54) is 0 Å². The van der Waals surface area contributed by atoms with Crippen LogP contribution in [0.3, 0.4) is 0 Å². The van der Waals surface area contributed by atoms with Gasteiger partial charge in [0.2, 0.25) is 0 Å². The topological polar surface area (TPSA) is 35.5 Å². The summed E-state index contributed by atoms with van der Waals surface area (Å²) in [6.07, 6.45) is -0.464. The second kappa shape index (κ2) is 4.39. The summed E-state index contributed by atoms with van der Waals surface area (Å²) in [4.78, 5) is 11.3. The van der Waals surface area contributed by atoms with Gasteiger partial charge in [-0.05, 0) is 18.1 Å². The molecule has 1 aromatic carbocycles.